The molecule has 0 saturated carbocycles. The minimum Gasteiger partial charge on any atom is -0.770 e. The van der Waals surface area contributed by atoms with Gasteiger partial charge in [0.05, 0.1) is 0 Å². The Hall–Kier alpha value is -0.670. The zero-order chi connectivity index (χ0) is 13.0. The Kier molecular flexibility index (Phi) is 5.36. The van der Waals surface area contributed by atoms with Gasteiger partial charge in [-0.15, -0.1) is 13.2 Å². The fraction of sp³-hybridized carbons (Fsp3) is 0.857. The molecule has 0 aromatic rings. The molecule has 0 saturated heterocycles. The van der Waals surface area contributed by atoms with Crippen LogP contribution < -0.4 is 0 Å². The van der Waals surface area contributed by atoms with Gasteiger partial charge in [0, 0.05) is 6.42 Å². The summed E-state index contributed by atoms with van der Waals surface area (Å²) in [5.41, 5.74) is 0. The highest BCUT2D eigenvalue weighted by atomic mass is 32.2. The van der Waals surface area contributed by atoms with E-state index in [1.165, 1.54) is 6.92 Å². The van der Waals surface area contributed by atoms with E-state index in [1.807, 2.05) is 0 Å². The fourth-order valence-corrected chi connectivity index (χ4v) is 1.36. The Morgan fingerprint density at radius 2 is 2.00 bits per heavy atom. The van der Waals surface area contributed by atoms with Crippen LogP contribution in [0.5, 0.6) is 0 Å². The van der Waals surface area contributed by atoms with Crippen molar-refractivity contribution in [1.29, 1.82) is 0 Å². The molecule has 0 radical (unpaired) electrons. The number of alkyl halides is 3. The van der Waals surface area contributed by atoms with E-state index in [2.05, 4.69) is 4.74 Å². The van der Waals surface area contributed by atoms with Crippen LogP contribution in [0.2, 0.25) is 0 Å². The lowest BCUT2D eigenvalue weighted by molar-refractivity contribution is -0.306. The normalized spacial score (nSPS) is 17.6. The predicted molar refractivity (Wildman–Crippen MR) is 45.5 cm³/mol. The van der Waals surface area contributed by atoms with Crippen molar-refractivity contribution in [1.82, 2.24) is 0 Å². The maximum absolute atomic E-state index is 11.5. The molecule has 5 nitrogen and oxygen atoms in total. The van der Waals surface area contributed by atoms with E-state index < -0.39 is 41.2 Å². The highest BCUT2D eigenvalue weighted by molar-refractivity contribution is 7.80. The number of hydrogen-bond acceptors (Lipinski definition) is 5. The summed E-state index contributed by atoms with van der Waals surface area (Å²) in [6.07, 6.45) is -6.81. The van der Waals surface area contributed by atoms with Gasteiger partial charge in [-0.2, -0.15) is 0 Å². The van der Waals surface area contributed by atoms with Crippen LogP contribution in [0.3, 0.4) is 0 Å². The number of rotatable bonds is 5. The summed E-state index contributed by atoms with van der Waals surface area (Å²) < 4.78 is 58.7. The monoisotopic (exact) mass is 263 g/mol. The summed E-state index contributed by atoms with van der Waals surface area (Å²) in [4.78, 5) is 8.39. The number of carbonyl (C=O) groups is 1. The largest absolute Gasteiger partial charge is 0.770 e. The molecule has 0 heterocycles. The predicted octanol–water partition coefficient (Wildman–Crippen LogP) is 0.807. The summed E-state index contributed by atoms with van der Waals surface area (Å²) in [6, 6.07) is 0. The van der Waals surface area contributed by atoms with E-state index in [-0.39, 0.29) is 6.42 Å². The van der Waals surface area contributed by atoms with Crippen LogP contribution in [-0.2, 0) is 20.6 Å². The zero-order valence-electron chi connectivity index (χ0n) is 8.24. The molecule has 0 fully saturated rings. The van der Waals surface area contributed by atoms with E-state index in [1.54, 1.807) is 0 Å². The highest BCUT2D eigenvalue weighted by Gasteiger charge is 2.35. The number of aliphatic hydroxyl groups is 1. The second-order valence-corrected chi connectivity index (χ2v) is 4.18. The minimum absolute atomic E-state index is 0.234. The van der Waals surface area contributed by atoms with Gasteiger partial charge in [0.2, 0.25) is 0 Å². The molecule has 0 amide bonds. The molecule has 1 N–H and O–H groups in total. The Labute approximate surface area is 91.9 Å². The number of hydrogen-bond donors (Lipinski definition) is 1. The van der Waals surface area contributed by atoms with Crippen LogP contribution >= 0.6 is 0 Å². The number of carbonyl (C=O) groups excluding carboxylic acids is 1. The van der Waals surface area contributed by atoms with Gasteiger partial charge >= 0.3 is 12.3 Å². The van der Waals surface area contributed by atoms with Gasteiger partial charge in [-0.05, 0) is 23.9 Å². The van der Waals surface area contributed by atoms with E-state index in [9.17, 15) is 31.8 Å². The number of ether oxygens (including phenoxy) is 1. The lowest BCUT2D eigenvalue weighted by atomic mass is 10.1. The molecule has 9 heteroatoms. The van der Waals surface area contributed by atoms with Gasteiger partial charge in [-0.1, -0.05) is 6.92 Å². The van der Waals surface area contributed by atoms with Crippen molar-refractivity contribution in [2.24, 2.45) is 0 Å². The van der Waals surface area contributed by atoms with E-state index in [0.717, 1.165) is 0 Å². The molecular formula is C7H10F3O5S-. The lowest BCUT2D eigenvalue weighted by Crippen LogP contribution is -2.34. The first-order valence-electron chi connectivity index (χ1n) is 4.21. The molecule has 0 spiro atoms. The van der Waals surface area contributed by atoms with Gasteiger partial charge in [0.25, 0.3) is 0 Å². The summed E-state index contributed by atoms with van der Waals surface area (Å²) in [5, 5.41) is 9.34. The first kappa shape index (κ1) is 15.3. The molecule has 0 rings (SSSR count). The van der Waals surface area contributed by atoms with Crippen molar-refractivity contribution in [3.63, 3.8) is 0 Å². The molecule has 2 unspecified atom stereocenters. The van der Waals surface area contributed by atoms with Crippen molar-refractivity contribution in [3.8, 4) is 0 Å². The molecule has 16 heavy (non-hydrogen) atoms. The van der Waals surface area contributed by atoms with Gasteiger partial charge in [0.15, 0.2) is 0 Å². The molecule has 0 bridgehead atoms. The summed E-state index contributed by atoms with van der Waals surface area (Å²) in [7, 11) is 0. The lowest BCUT2D eigenvalue weighted by Gasteiger charge is -2.28. The van der Waals surface area contributed by atoms with Gasteiger partial charge in [-0.3, -0.25) is 9.00 Å². The second-order valence-electron chi connectivity index (χ2n) is 2.95. The molecule has 2 atom stereocenters. The molecular weight excluding hydrogens is 253 g/mol. The standard InChI is InChI=1S/C7H11F3O5S/c1-2-6(12,16(13)14)4-3-5(11)15-7(8,9)10/h12H,2-4H2,1H3,(H,13,14)/p-1. The molecule has 0 aromatic heterocycles. The maximum atomic E-state index is 11.5. The third-order valence-electron chi connectivity index (χ3n) is 1.81. The van der Waals surface area contributed by atoms with Crippen LogP contribution in [0.4, 0.5) is 13.2 Å². The Bertz CT molecular complexity index is 280. The maximum Gasteiger partial charge on any atom is 0.575 e. The van der Waals surface area contributed by atoms with E-state index in [0.29, 0.717) is 0 Å². The van der Waals surface area contributed by atoms with Crippen LogP contribution in [0, 0.1) is 0 Å². The summed E-state index contributed by atoms with van der Waals surface area (Å²) in [6.45, 7) is 1.32. The quantitative estimate of drug-likeness (QED) is 0.585. The zero-order valence-corrected chi connectivity index (χ0v) is 9.06. The average molecular weight is 263 g/mol. The van der Waals surface area contributed by atoms with Crippen molar-refractivity contribution >= 4 is 17.0 Å². The smallest absolute Gasteiger partial charge is 0.575 e. The van der Waals surface area contributed by atoms with Crippen LogP contribution in [0.15, 0.2) is 0 Å². The molecule has 0 aliphatic heterocycles. The fourth-order valence-electron chi connectivity index (χ4n) is 0.855. The molecule has 0 aromatic carbocycles. The Morgan fingerprint density at radius 3 is 2.31 bits per heavy atom. The molecule has 96 valence electrons. The van der Waals surface area contributed by atoms with Gasteiger partial charge < -0.3 is 14.4 Å². The molecule has 0 aliphatic rings. The van der Waals surface area contributed by atoms with Gasteiger partial charge in [-0.25, -0.2) is 0 Å². The SMILES string of the molecule is CCC(O)(CCC(=O)OC(F)(F)F)S(=O)[O-]. The number of halogens is 3. The van der Waals surface area contributed by atoms with Gasteiger partial charge in [0.1, 0.15) is 4.93 Å². The van der Waals surface area contributed by atoms with Crippen LogP contribution in [0.1, 0.15) is 26.2 Å². The number of esters is 1. The van der Waals surface area contributed by atoms with Crippen molar-refractivity contribution in [2.45, 2.75) is 37.5 Å². The first-order chi connectivity index (χ1) is 7.10. The molecule has 0 aliphatic carbocycles. The third kappa shape index (κ3) is 5.42. The Balaban J connectivity index is 4.24. The summed E-state index contributed by atoms with van der Waals surface area (Å²) in [5.74, 6) is -1.63. The minimum atomic E-state index is -5.10. The van der Waals surface area contributed by atoms with E-state index in [4.69, 9.17) is 0 Å². The second kappa shape index (κ2) is 5.60. The van der Waals surface area contributed by atoms with E-state index >= 15 is 0 Å². The van der Waals surface area contributed by atoms with Crippen molar-refractivity contribution in [2.75, 3.05) is 0 Å². The van der Waals surface area contributed by atoms with Crippen LogP contribution in [-0.4, -0.2) is 31.1 Å². The summed E-state index contributed by atoms with van der Waals surface area (Å²) >= 11 is -2.89. The van der Waals surface area contributed by atoms with Crippen molar-refractivity contribution in [3.05, 3.63) is 0 Å². The highest BCUT2D eigenvalue weighted by Crippen LogP contribution is 2.23. The topological polar surface area (TPSA) is 86.7 Å². The third-order valence-corrected chi connectivity index (χ3v) is 2.93. The Morgan fingerprint density at radius 1 is 1.50 bits per heavy atom. The van der Waals surface area contributed by atoms with Crippen molar-refractivity contribution < 1.29 is 36.6 Å². The average Bonchev–Trinajstić information content (AvgIpc) is 2.11. The van der Waals surface area contributed by atoms with Crippen LogP contribution in [0.25, 0.3) is 0 Å². The first-order valence-corrected chi connectivity index (χ1v) is 5.28.